The number of carbonyl (C=O) groups excluding carboxylic acids is 1. The minimum absolute atomic E-state index is 0.324. The Bertz CT molecular complexity index is 713. The third-order valence-electron chi connectivity index (χ3n) is 8.74. The van der Waals surface area contributed by atoms with E-state index in [2.05, 4.69) is 44.0 Å². The number of hydrogen-bond acceptors (Lipinski definition) is 3. The molecule has 1 saturated carbocycles. The van der Waals surface area contributed by atoms with Gasteiger partial charge in [-0.1, -0.05) is 39.8 Å². The topological polar surface area (TPSA) is 58.4 Å². The van der Waals surface area contributed by atoms with E-state index in [9.17, 15) is 4.79 Å². The number of benzene rings is 1. The molecule has 28 heavy (non-hydrogen) atoms. The molecule has 1 amide bonds. The van der Waals surface area contributed by atoms with Crippen LogP contribution >= 0.6 is 0 Å². The van der Waals surface area contributed by atoms with Crippen LogP contribution in [0.2, 0.25) is 0 Å². The summed E-state index contributed by atoms with van der Waals surface area (Å²) in [5.41, 5.74) is 8.35. The zero-order valence-electron chi connectivity index (χ0n) is 18.0. The lowest BCUT2D eigenvalue weighted by Gasteiger charge is -2.39. The first-order chi connectivity index (χ1) is 13.2. The fraction of sp³-hybridized carbons (Fsp3) is 0.708. The highest BCUT2D eigenvalue weighted by molar-refractivity contribution is 5.92. The highest BCUT2D eigenvalue weighted by Gasteiger charge is 2.63. The standard InChI is InChI=1S/C24H37N3O/c1-23(2)21(24(23,3)4)15-26-10-11-27-19-8-9-20(27)14-18(13-19)16-6-5-7-17(12-16)22(25)28/h5-7,12,18-21,26H,8-11,13-15H2,1-4H3,(H2,25,28)/t18-,19+,20-. The van der Waals surface area contributed by atoms with Crippen molar-refractivity contribution in [2.45, 2.75) is 71.4 Å². The quantitative estimate of drug-likeness (QED) is 0.705. The van der Waals surface area contributed by atoms with Crippen molar-refractivity contribution < 1.29 is 4.79 Å². The Hall–Kier alpha value is -1.39. The van der Waals surface area contributed by atoms with E-state index < -0.39 is 0 Å². The van der Waals surface area contributed by atoms with Gasteiger partial charge in [0.1, 0.15) is 0 Å². The third kappa shape index (κ3) is 3.39. The molecule has 1 aromatic carbocycles. The Kier molecular flexibility index (Phi) is 5.08. The second-order valence-electron chi connectivity index (χ2n) is 10.5. The van der Waals surface area contributed by atoms with Gasteiger partial charge in [-0.2, -0.15) is 0 Å². The van der Waals surface area contributed by atoms with Crippen LogP contribution < -0.4 is 11.1 Å². The van der Waals surface area contributed by atoms with E-state index in [0.29, 0.717) is 34.4 Å². The molecule has 3 aliphatic rings. The lowest BCUT2D eigenvalue weighted by molar-refractivity contribution is 0.1000. The number of nitrogens with one attached hydrogen (secondary N) is 1. The molecule has 1 aliphatic carbocycles. The molecule has 3 atom stereocenters. The SMILES string of the molecule is CC1(C)C(CNCCN2[C@@H]3CC[C@H]2C[C@@H](c2cccc(C(N)=O)c2)C3)C1(C)C. The van der Waals surface area contributed by atoms with Crippen LogP contribution in [-0.4, -0.2) is 42.5 Å². The van der Waals surface area contributed by atoms with Crippen molar-refractivity contribution in [2.75, 3.05) is 19.6 Å². The third-order valence-corrected chi connectivity index (χ3v) is 8.74. The molecule has 0 spiro atoms. The number of hydrogen-bond donors (Lipinski definition) is 2. The molecule has 2 aliphatic heterocycles. The van der Waals surface area contributed by atoms with Gasteiger partial charge in [-0.3, -0.25) is 9.69 Å². The average Bonchev–Trinajstić information content (AvgIpc) is 2.92. The Morgan fingerprint density at radius 3 is 2.36 bits per heavy atom. The molecule has 2 heterocycles. The molecular weight excluding hydrogens is 346 g/mol. The van der Waals surface area contributed by atoms with Crippen LogP contribution in [0.5, 0.6) is 0 Å². The number of piperidine rings is 1. The first kappa shape index (κ1) is 19.9. The summed E-state index contributed by atoms with van der Waals surface area (Å²) in [6.07, 6.45) is 5.06. The zero-order valence-corrected chi connectivity index (χ0v) is 18.0. The Morgan fingerprint density at radius 1 is 1.14 bits per heavy atom. The van der Waals surface area contributed by atoms with E-state index in [0.717, 1.165) is 25.6 Å². The summed E-state index contributed by atoms with van der Waals surface area (Å²) < 4.78 is 0. The molecule has 0 radical (unpaired) electrons. The van der Waals surface area contributed by atoms with Crippen LogP contribution in [-0.2, 0) is 0 Å². The monoisotopic (exact) mass is 383 g/mol. The molecule has 4 nitrogen and oxygen atoms in total. The second-order valence-corrected chi connectivity index (χ2v) is 10.5. The lowest BCUT2D eigenvalue weighted by atomic mass is 9.84. The van der Waals surface area contributed by atoms with E-state index in [1.807, 2.05) is 18.2 Å². The molecule has 3 N–H and O–H groups in total. The largest absolute Gasteiger partial charge is 0.366 e. The maximum Gasteiger partial charge on any atom is 0.248 e. The molecule has 0 unspecified atom stereocenters. The molecule has 154 valence electrons. The molecule has 3 fully saturated rings. The number of nitrogens with two attached hydrogens (primary N) is 1. The molecule has 4 heteroatoms. The van der Waals surface area contributed by atoms with Gasteiger partial charge in [-0.25, -0.2) is 0 Å². The van der Waals surface area contributed by atoms with Gasteiger partial charge in [0.2, 0.25) is 5.91 Å². The number of carbonyl (C=O) groups is 1. The van der Waals surface area contributed by atoms with Gasteiger partial charge < -0.3 is 11.1 Å². The maximum absolute atomic E-state index is 11.5. The van der Waals surface area contributed by atoms with E-state index in [-0.39, 0.29) is 5.91 Å². The van der Waals surface area contributed by atoms with Crippen LogP contribution in [0.25, 0.3) is 0 Å². The van der Waals surface area contributed by atoms with Crippen molar-refractivity contribution in [1.82, 2.24) is 10.2 Å². The van der Waals surface area contributed by atoms with Crippen LogP contribution in [0.4, 0.5) is 0 Å². The molecule has 1 aromatic rings. The predicted molar refractivity (Wildman–Crippen MR) is 114 cm³/mol. The van der Waals surface area contributed by atoms with Crippen molar-refractivity contribution in [2.24, 2.45) is 22.5 Å². The summed E-state index contributed by atoms with van der Waals surface area (Å²) in [4.78, 5) is 14.3. The zero-order chi connectivity index (χ0) is 20.1. The number of amides is 1. The second kappa shape index (κ2) is 7.14. The highest BCUT2D eigenvalue weighted by Crippen LogP contribution is 2.67. The average molecular weight is 384 g/mol. The smallest absolute Gasteiger partial charge is 0.248 e. The maximum atomic E-state index is 11.5. The van der Waals surface area contributed by atoms with Crippen molar-refractivity contribution in [3.8, 4) is 0 Å². The molecule has 2 saturated heterocycles. The molecule has 0 aromatic heterocycles. The summed E-state index contributed by atoms with van der Waals surface area (Å²) >= 11 is 0. The van der Waals surface area contributed by atoms with Gasteiger partial charge in [0.25, 0.3) is 0 Å². The summed E-state index contributed by atoms with van der Waals surface area (Å²) in [5, 5.41) is 3.74. The number of primary amides is 1. The Labute approximate surface area is 170 Å². The van der Waals surface area contributed by atoms with E-state index in [1.165, 1.54) is 31.2 Å². The normalized spacial score (nSPS) is 31.1. The molecular formula is C24H37N3O. The fourth-order valence-corrected chi connectivity index (χ4v) is 6.16. The van der Waals surface area contributed by atoms with Gasteiger partial charge in [-0.15, -0.1) is 0 Å². The minimum Gasteiger partial charge on any atom is -0.366 e. The number of nitrogens with zero attached hydrogens (tertiary/aromatic N) is 1. The van der Waals surface area contributed by atoms with E-state index in [1.54, 1.807) is 0 Å². The van der Waals surface area contributed by atoms with Crippen molar-refractivity contribution in [3.63, 3.8) is 0 Å². The van der Waals surface area contributed by atoms with Crippen LogP contribution in [0.1, 0.15) is 75.2 Å². The van der Waals surface area contributed by atoms with Gasteiger partial charge in [0.05, 0.1) is 0 Å². The van der Waals surface area contributed by atoms with E-state index in [4.69, 9.17) is 5.73 Å². The summed E-state index contributed by atoms with van der Waals surface area (Å²) in [6.45, 7) is 13.0. The first-order valence-electron chi connectivity index (χ1n) is 11.1. The van der Waals surface area contributed by atoms with Crippen molar-refractivity contribution in [3.05, 3.63) is 35.4 Å². The van der Waals surface area contributed by atoms with Crippen molar-refractivity contribution >= 4 is 5.91 Å². The summed E-state index contributed by atoms with van der Waals surface area (Å²) in [6, 6.07) is 9.38. The molecule has 2 bridgehead atoms. The van der Waals surface area contributed by atoms with Gasteiger partial charge in [-0.05, 0) is 72.6 Å². The van der Waals surface area contributed by atoms with Gasteiger partial charge in [0.15, 0.2) is 0 Å². The van der Waals surface area contributed by atoms with Crippen LogP contribution in [0.15, 0.2) is 24.3 Å². The Morgan fingerprint density at radius 2 is 1.79 bits per heavy atom. The summed E-state index contributed by atoms with van der Waals surface area (Å²) in [5.74, 6) is 1.03. The minimum atomic E-state index is -0.324. The summed E-state index contributed by atoms with van der Waals surface area (Å²) in [7, 11) is 0. The first-order valence-corrected chi connectivity index (χ1v) is 11.1. The van der Waals surface area contributed by atoms with Crippen LogP contribution in [0.3, 0.4) is 0 Å². The number of fused-ring (bicyclic) bond motifs is 2. The Balaban J connectivity index is 1.29. The number of rotatable bonds is 7. The fourth-order valence-electron chi connectivity index (χ4n) is 6.16. The molecule has 4 rings (SSSR count). The lowest BCUT2D eigenvalue weighted by Crippen LogP contribution is -2.45. The predicted octanol–water partition coefficient (Wildman–Crippen LogP) is 3.77. The highest BCUT2D eigenvalue weighted by atomic mass is 16.1. The van der Waals surface area contributed by atoms with Crippen molar-refractivity contribution in [1.29, 1.82) is 0 Å². The van der Waals surface area contributed by atoms with E-state index >= 15 is 0 Å². The van der Waals surface area contributed by atoms with Gasteiger partial charge >= 0.3 is 0 Å². The van der Waals surface area contributed by atoms with Crippen LogP contribution in [0, 0.1) is 16.7 Å². The van der Waals surface area contributed by atoms with Gasteiger partial charge in [0, 0.05) is 30.7 Å².